The smallest absolute Gasteiger partial charge is 0.265 e. The predicted molar refractivity (Wildman–Crippen MR) is 114 cm³/mol. The Morgan fingerprint density at radius 2 is 1.64 bits per heavy atom. The number of benzene rings is 2. The summed E-state index contributed by atoms with van der Waals surface area (Å²) in [6.07, 6.45) is 0.989. The van der Waals surface area contributed by atoms with Crippen LogP contribution in [0.5, 0.6) is 5.75 Å². The lowest BCUT2D eigenvalue weighted by Gasteiger charge is -2.20. The van der Waals surface area contributed by atoms with E-state index in [1.807, 2.05) is 39.8 Å². The third-order valence-corrected chi connectivity index (χ3v) is 5.77. The van der Waals surface area contributed by atoms with Crippen molar-refractivity contribution in [2.24, 2.45) is 0 Å². The lowest BCUT2D eigenvalue weighted by molar-refractivity contribution is -0.122. The lowest BCUT2D eigenvalue weighted by Crippen LogP contribution is -2.33. The lowest BCUT2D eigenvalue weighted by atomic mass is 10.0. The maximum atomic E-state index is 12.7. The molecule has 0 aliphatic carbocycles. The number of hydrogen-bond acceptors (Lipinski definition) is 4. The molecule has 2 rings (SSSR count). The maximum absolute atomic E-state index is 12.7. The van der Waals surface area contributed by atoms with Crippen LogP contribution in [-0.4, -0.2) is 33.7 Å². The van der Waals surface area contributed by atoms with Crippen molar-refractivity contribution < 1.29 is 17.9 Å². The Balaban J connectivity index is 2.13. The molecule has 0 radical (unpaired) electrons. The van der Waals surface area contributed by atoms with Gasteiger partial charge in [-0.15, -0.1) is 0 Å². The molecule has 7 heteroatoms. The normalized spacial score (nSPS) is 12.4. The summed E-state index contributed by atoms with van der Waals surface area (Å²) in [4.78, 5) is 12.7. The molecule has 0 saturated carbocycles. The number of rotatable bonds is 7. The molecule has 0 heterocycles. The summed E-state index contributed by atoms with van der Waals surface area (Å²) in [5, 5.41) is 2.98. The summed E-state index contributed by atoms with van der Waals surface area (Å²) in [5.41, 5.74) is 4.50. The van der Waals surface area contributed by atoms with E-state index in [-0.39, 0.29) is 5.91 Å². The molecule has 1 N–H and O–H groups in total. The fourth-order valence-corrected chi connectivity index (χ4v) is 3.50. The second-order valence-corrected chi connectivity index (χ2v) is 9.02. The van der Waals surface area contributed by atoms with Crippen LogP contribution < -0.4 is 14.4 Å². The van der Waals surface area contributed by atoms with Crippen LogP contribution in [0.15, 0.2) is 36.4 Å². The summed E-state index contributed by atoms with van der Waals surface area (Å²) < 4.78 is 30.3. The van der Waals surface area contributed by atoms with Crippen molar-refractivity contribution in [2.45, 2.75) is 40.2 Å². The van der Waals surface area contributed by atoms with Crippen LogP contribution in [0.25, 0.3) is 0 Å². The zero-order valence-electron chi connectivity index (χ0n) is 17.2. The average molecular weight is 405 g/mol. The number of ether oxygens (including phenoxy) is 1. The highest BCUT2D eigenvalue weighted by Crippen LogP contribution is 2.24. The van der Waals surface area contributed by atoms with E-state index < -0.39 is 16.1 Å². The second kappa shape index (κ2) is 8.65. The summed E-state index contributed by atoms with van der Waals surface area (Å²) in [6, 6.07) is 10.7. The fraction of sp³-hybridized carbons (Fsp3) is 0.381. The van der Waals surface area contributed by atoms with Gasteiger partial charge in [0, 0.05) is 12.7 Å². The van der Waals surface area contributed by atoms with E-state index in [0.717, 1.165) is 28.6 Å². The molecule has 2 aromatic rings. The van der Waals surface area contributed by atoms with Crippen molar-refractivity contribution in [3.05, 3.63) is 53.1 Å². The highest BCUT2D eigenvalue weighted by Gasteiger charge is 2.20. The molecule has 0 aromatic heterocycles. The molecular weight excluding hydrogens is 376 g/mol. The van der Waals surface area contributed by atoms with Crippen LogP contribution in [0.4, 0.5) is 11.4 Å². The van der Waals surface area contributed by atoms with Gasteiger partial charge in [0.1, 0.15) is 5.75 Å². The molecule has 0 bridgehead atoms. The number of nitrogens with one attached hydrogen (secondary N) is 1. The standard InChI is InChI=1S/C21H28N2O4S/c1-7-19(21(24)22-20-15(3)12-14(2)13-16(20)4)27-18-10-8-17(9-11-18)23(5)28(6,25)26/h8-13,19H,7H2,1-6H3,(H,22,24)/t19-/m0/s1. The average Bonchev–Trinajstić information content (AvgIpc) is 2.61. The summed E-state index contributed by atoms with van der Waals surface area (Å²) >= 11 is 0. The highest BCUT2D eigenvalue weighted by atomic mass is 32.2. The number of nitrogens with zero attached hydrogens (tertiary/aromatic N) is 1. The topological polar surface area (TPSA) is 75.7 Å². The van der Waals surface area contributed by atoms with Gasteiger partial charge in [-0.05, 0) is 62.6 Å². The van der Waals surface area contributed by atoms with E-state index >= 15 is 0 Å². The summed E-state index contributed by atoms with van der Waals surface area (Å²) in [6.45, 7) is 7.84. The molecule has 1 amide bonds. The number of carbonyl (C=O) groups excluding carboxylic acids is 1. The predicted octanol–water partition coefficient (Wildman–Crippen LogP) is 3.80. The van der Waals surface area contributed by atoms with Crippen LogP contribution in [0.3, 0.4) is 0 Å². The van der Waals surface area contributed by atoms with Crippen molar-refractivity contribution in [3.8, 4) is 5.75 Å². The molecule has 2 aromatic carbocycles. The zero-order valence-corrected chi connectivity index (χ0v) is 18.1. The minimum absolute atomic E-state index is 0.213. The number of sulfonamides is 1. The number of amides is 1. The van der Waals surface area contributed by atoms with Gasteiger partial charge in [0.05, 0.1) is 11.9 Å². The number of carbonyl (C=O) groups is 1. The van der Waals surface area contributed by atoms with Crippen molar-refractivity contribution >= 4 is 27.3 Å². The van der Waals surface area contributed by atoms with Gasteiger partial charge in [0.15, 0.2) is 6.10 Å². The Kier molecular flexibility index (Phi) is 6.72. The van der Waals surface area contributed by atoms with E-state index in [2.05, 4.69) is 5.32 Å². The Morgan fingerprint density at radius 1 is 1.11 bits per heavy atom. The van der Waals surface area contributed by atoms with E-state index in [0.29, 0.717) is 17.9 Å². The first-order valence-corrected chi connectivity index (χ1v) is 11.0. The van der Waals surface area contributed by atoms with Crippen molar-refractivity contribution in [1.29, 1.82) is 0 Å². The molecule has 6 nitrogen and oxygen atoms in total. The fourth-order valence-electron chi connectivity index (χ4n) is 2.99. The first-order chi connectivity index (χ1) is 13.0. The summed E-state index contributed by atoms with van der Waals surface area (Å²) in [7, 11) is -1.84. The van der Waals surface area contributed by atoms with Crippen molar-refractivity contribution in [3.63, 3.8) is 0 Å². The van der Waals surface area contributed by atoms with Gasteiger partial charge in [0.2, 0.25) is 10.0 Å². The molecule has 28 heavy (non-hydrogen) atoms. The molecule has 152 valence electrons. The quantitative estimate of drug-likeness (QED) is 0.761. The SMILES string of the molecule is CC[C@H](Oc1ccc(N(C)S(C)(=O)=O)cc1)C(=O)Nc1c(C)cc(C)cc1C. The maximum Gasteiger partial charge on any atom is 0.265 e. The van der Waals surface area contributed by atoms with E-state index in [9.17, 15) is 13.2 Å². The van der Waals surface area contributed by atoms with E-state index in [1.165, 1.54) is 11.4 Å². The van der Waals surface area contributed by atoms with Crippen molar-refractivity contribution in [1.82, 2.24) is 0 Å². The third kappa shape index (κ3) is 5.25. The largest absolute Gasteiger partial charge is 0.481 e. The molecule has 0 fully saturated rings. The van der Waals surface area contributed by atoms with Crippen molar-refractivity contribution in [2.75, 3.05) is 22.9 Å². The second-order valence-electron chi connectivity index (χ2n) is 7.00. The number of anilines is 2. The Labute approximate surface area is 167 Å². The minimum atomic E-state index is -3.33. The van der Waals surface area contributed by atoms with Gasteiger partial charge in [-0.3, -0.25) is 9.10 Å². The Bertz CT molecular complexity index is 930. The van der Waals surface area contributed by atoms with Crippen LogP contribution >= 0.6 is 0 Å². The van der Waals surface area contributed by atoms with Gasteiger partial charge < -0.3 is 10.1 Å². The van der Waals surface area contributed by atoms with Crippen LogP contribution in [-0.2, 0) is 14.8 Å². The zero-order chi connectivity index (χ0) is 21.1. The van der Waals surface area contributed by atoms with Crippen LogP contribution in [0.1, 0.15) is 30.0 Å². The molecule has 0 saturated heterocycles. The molecule has 1 atom stereocenters. The molecule has 0 aliphatic heterocycles. The molecule has 0 spiro atoms. The monoisotopic (exact) mass is 404 g/mol. The van der Waals surface area contributed by atoms with Crippen LogP contribution in [0, 0.1) is 20.8 Å². The van der Waals surface area contributed by atoms with Crippen LogP contribution in [0.2, 0.25) is 0 Å². The number of aryl methyl sites for hydroxylation is 3. The van der Waals surface area contributed by atoms with Gasteiger partial charge >= 0.3 is 0 Å². The minimum Gasteiger partial charge on any atom is -0.481 e. The molecule has 0 unspecified atom stereocenters. The number of hydrogen-bond donors (Lipinski definition) is 1. The van der Waals surface area contributed by atoms with Gasteiger partial charge in [-0.1, -0.05) is 24.6 Å². The molecule has 0 aliphatic rings. The van der Waals surface area contributed by atoms with E-state index in [4.69, 9.17) is 4.74 Å². The summed E-state index contributed by atoms with van der Waals surface area (Å²) in [5.74, 6) is 0.292. The molecular formula is C21H28N2O4S. The van der Waals surface area contributed by atoms with E-state index in [1.54, 1.807) is 24.3 Å². The Morgan fingerprint density at radius 3 is 2.11 bits per heavy atom. The highest BCUT2D eigenvalue weighted by molar-refractivity contribution is 7.92. The first-order valence-electron chi connectivity index (χ1n) is 9.12. The van der Waals surface area contributed by atoms with Gasteiger partial charge in [-0.2, -0.15) is 0 Å². The first kappa shape index (κ1) is 21.8. The van der Waals surface area contributed by atoms with Gasteiger partial charge in [-0.25, -0.2) is 8.42 Å². The third-order valence-electron chi connectivity index (χ3n) is 4.56. The Hall–Kier alpha value is -2.54. The van der Waals surface area contributed by atoms with Gasteiger partial charge in [0.25, 0.3) is 5.91 Å².